The molecule has 58 heavy (non-hydrogen) atoms. The first kappa shape index (κ1) is 52.6. The van der Waals surface area contributed by atoms with Crippen LogP contribution in [0.5, 0.6) is 0 Å². The summed E-state index contributed by atoms with van der Waals surface area (Å²) in [6, 6.07) is 0. The molecule has 2 aliphatic carbocycles. The molecular formula is C54H98O4. The van der Waals surface area contributed by atoms with E-state index in [1.54, 1.807) is 0 Å². The molecule has 0 amide bonds. The van der Waals surface area contributed by atoms with Crippen LogP contribution in [0.15, 0.2) is 24.3 Å². The van der Waals surface area contributed by atoms with Gasteiger partial charge in [-0.25, -0.2) is 0 Å². The zero-order valence-electron chi connectivity index (χ0n) is 39.1. The van der Waals surface area contributed by atoms with Gasteiger partial charge in [-0.3, -0.25) is 9.59 Å². The second kappa shape index (κ2) is 35.1. The molecule has 8 atom stereocenters. The SMILES string of the molecule is CCCCC/C=C/CC1C(CCCCCCCC)C(CCCCCCCC(=O)O)C2C(CCCCCCCC(=O)O)C=CC(CCCCCC)C2C1CCCCCC. The van der Waals surface area contributed by atoms with Crippen LogP contribution in [-0.2, 0) is 9.59 Å². The van der Waals surface area contributed by atoms with Crippen molar-refractivity contribution in [1.29, 1.82) is 0 Å². The van der Waals surface area contributed by atoms with Gasteiger partial charge in [0.1, 0.15) is 0 Å². The van der Waals surface area contributed by atoms with Gasteiger partial charge in [0.05, 0.1) is 0 Å². The standard InChI is InChI=1S/C54H98O4/c1-5-9-13-17-22-30-37-47-48(38-31-23-18-14-10-6-2)50(40-32-24-20-26-34-42-52(57)58)54-46(36-28-21-19-25-33-41-51(55)56)44-43-45(35-27-15-11-7-3)53(54)49(47)39-29-16-12-8-4/h22,30,43-50,53-54H,5-21,23-29,31-42H2,1-4H3,(H,55,56)(H,57,58)/b30-22+. The monoisotopic (exact) mass is 811 g/mol. The van der Waals surface area contributed by atoms with E-state index in [1.807, 2.05) is 0 Å². The minimum absolute atomic E-state index is 0.310. The van der Waals surface area contributed by atoms with Gasteiger partial charge >= 0.3 is 11.9 Å². The first-order valence-corrected chi connectivity index (χ1v) is 26.2. The molecule has 0 aromatic rings. The zero-order valence-corrected chi connectivity index (χ0v) is 39.1. The fourth-order valence-electron chi connectivity index (χ4n) is 11.7. The third-order valence-electron chi connectivity index (χ3n) is 14.8. The van der Waals surface area contributed by atoms with Crippen LogP contribution in [-0.4, -0.2) is 22.2 Å². The summed E-state index contributed by atoms with van der Waals surface area (Å²) in [4.78, 5) is 22.3. The highest BCUT2D eigenvalue weighted by atomic mass is 16.4. The number of unbranched alkanes of at least 4 members (excludes halogenated alkanes) is 22. The first-order valence-electron chi connectivity index (χ1n) is 26.2. The number of carbonyl (C=O) groups is 2. The Hall–Kier alpha value is -1.58. The van der Waals surface area contributed by atoms with Crippen LogP contribution >= 0.6 is 0 Å². The highest BCUT2D eigenvalue weighted by molar-refractivity contribution is 5.66. The number of hydrogen-bond donors (Lipinski definition) is 2. The summed E-state index contributed by atoms with van der Waals surface area (Å²) in [7, 11) is 0. The van der Waals surface area contributed by atoms with Gasteiger partial charge in [-0.15, -0.1) is 0 Å². The molecule has 2 rings (SSSR count). The van der Waals surface area contributed by atoms with Gasteiger partial charge in [-0.05, 0) is 112 Å². The Balaban J connectivity index is 2.55. The summed E-state index contributed by atoms with van der Waals surface area (Å²) in [6.07, 6.45) is 55.0. The lowest BCUT2D eigenvalue weighted by Gasteiger charge is -2.58. The Morgan fingerprint density at radius 2 is 0.741 bits per heavy atom. The van der Waals surface area contributed by atoms with Crippen LogP contribution in [0, 0.1) is 47.3 Å². The number of allylic oxidation sites excluding steroid dienone is 4. The van der Waals surface area contributed by atoms with Crippen molar-refractivity contribution < 1.29 is 19.8 Å². The summed E-state index contributed by atoms with van der Waals surface area (Å²) >= 11 is 0. The van der Waals surface area contributed by atoms with Gasteiger partial charge in [0.15, 0.2) is 0 Å². The van der Waals surface area contributed by atoms with Crippen molar-refractivity contribution in [2.75, 3.05) is 0 Å². The van der Waals surface area contributed by atoms with E-state index in [1.165, 1.54) is 186 Å². The van der Waals surface area contributed by atoms with Gasteiger partial charge in [-0.2, -0.15) is 0 Å². The summed E-state index contributed by atoms with van der Waals surface area (Å²) in [5.41, 5.74) is 0. The minimum Gasteiger partial charge on any atom is -0.481 e. The molecule has 2 aliphatic rings. The predicted octanol–water partition coefficient (Wildman–Crippen LogP) is 17.3. The van der Waals surface area contributed by atoms with E-state index in [2.05, 4.69) is 52.0 Å². The lowest BCUT2D eigenvalue weighted by Crippen LogP contribution is -2.52. The molecule has 2 N–H and O–H groups in total. The number of carboxylic acid groups (broad SMARTS) is 2. The molecule has 1 saturated carbocycles. The van der Waals surface area contributed by atoms with Gasteiger partial charge < -0.3 is 10.2 Å². The molecule has 0 aliphatic heterocycles. The van der Waals surface area contributed by atoms with Crippen molar-refractivity contribution in [2.24, 2.45) is 47.3 Å². The Kier molecular flexibility index (Phi) is 31.8. The van der Waals surface area contributed by atoms with Crippen molar-refractivity contribution in [2.45, 2.75) is 259 Å². The second-order valence-electron chi connectivity index (χ2n) is 19.4. The molecular weight excluding hydrogens is 713 g/mol. The highest BCUT2D eigenvalue weighted by Gasteiger charge is 2.53. The number of carboxylic acids is 2. The van der Waals surface area contributed by atoms with Crippen molar-refractivity contribution in [3.05, 3.63) is 24.3 Å². The van der Waals surface area contributed by atoms with E-state index in [9.17, 15) is 14.7 Å². The van der Waals surface area contributed by atoms with Crippen LogP contribution in [0.1, 0.15) is 259 Å². The van der Waals surface area contributed by atoms with Gasteiger partial charge in [-0.1, -0.05) is 206 Å². The molecule has 0 heterocycles. The van der Waals surface area contributed by atoms with Crippen LogP contribution in [0.25, 0.3) is 0 Å². The molecule has 0 spiro atoms. The average Bonchev–Trinajstić information content (AvgIpc) is 3.21. The third-order valence-corrected chi connectivity index (χ3v) is 14.8. The average molecular weight is 811 g/mol. The number of fused-ring (bicyclic) bond motifs is 1. The Bertz CT molecular complexity index is 1050. The lowest BCUT2D eigenvalue weighted by molar-refractivity contribution is -0.138. The molecule has 4 heteroatoms. The number of hydrogen-bond acceptors (Lipinski definition) is 2. The maximum atomic E-state index is 11.2. The minimum atomic E-state index is -0.656. The van der Waals surface area contributed by atoms with E-state index in [0.29, 0.717) is 18.8 Å². The Labute approximate surface area is 361 Å². The molecule has 338 valence electrons. The van der Waals surface area contributed by atoms with Crippen LogP contribution in [0.4, 0.5) is 0 Å². The fraction of sp³-hybridized carbons (Fsp3) is 0.889. The largest absolute Gasteiger partial charge is 0.481 e. The number of aliphatic carboxylic acids is 2. The number of rotatable bonds is 39. The van der Waals surface area contributed by atoms with E-state index in [4.69, 9.17) is 5.11 Å². The van der Waals surface area contributed by atoms with Crippen LogP contribution in [0.3, 0.4) is 0 Å². The maximum Gasteiger partial charge on any atom is 0.303 e. The van der Waals surface area contributed by atoms with E-state index < -0.39 is 11.9 Å². The topological polar surface area (TPSA) is 74.6 Å². The Morgan fingerprint density at radius 3 is 1.19 bits per heavy atom. The smallest absolute Gasteiger partial charge is 0.303 e. The predicted molar refractivity (Wildman–Crippen MR) is 250 cm³/mol. The molecule has 0 bridgehead atoms. The Morgan fingerprint density at radius 1 is 0.397 bits per heavy atom. The van der Waals surface area contributed by atoms with Crippen LogP contribution in [0.2, 0.25) is 0 Å². The highest BCUT2D eigenvalue weighted by Crippen LogP contribution is 2.60. The van der Waals surface area contributed by atoms with Gasteiger partial charge in [0.2, 0.25) is 0 Å². The summed E-state index contributed by atoms with van der Waals surface area (Å²) in [6.45, 7) is 9.37. The van der Waals surface area contributed by atoms with Gasteiger partial charge in [0.25, 0.3) is 0 Å². The van der Waals surface area contributed by atoms with E-state index in [0.717, 1.165) is 73.5 Å². The summed E-state index contributed by atoms with van der Waals surface area (Å²) < 4.78 is 0. The van der Waals surface area contributed by atoms with Crippen molar-refractivity contribution in [3.8, 4) is 0 Å². The van der Waals surface area contributed by atoms with Crippen LogP contribution < -0.4 is 0 Å². The van der Waals surface area contributed by atoms with E-state index >= 15 is 0 Å². The second-order valence-corrected chi connectivity index (χ2v) is 19.4. The fourth-order valence-corrected chi connectivity index (χ4v) is 11.7. The zero-order chi connectivity index (χ0) is 42.1. The maximum absolute atomic E-state index is 11.2. The molecule has 8 unspecified atom stereocenters. The first-order chi connectivity index (χ1) is 28.4. The van der Waals surface area contributed by atoms with Crippen molar-refractivity contribution >= 4 is 11.9 Å². The quantitative estimate of drug-likeness (QED) is 0.0479. The normalized spacial score (nSPS) is 24.4. The van der Waals surface area contributed by atoms with Crippen molar-refractivity contribution in [3.63, 3.8) is 0 Å². The molecule has 1 fully saturated rings. The van der Waals surface area contributed by atoms with Crippen molar-refractivity contribution in [1.82, 2.24) is 0 Å². The molecule has 0 radical (unpaired) electrons. The third kappa shape index (κ3) is 22.3. The lowest BCUT2D eigenvalue weighted by atomic mass is 9.47. The summed E-state index contributed by atoms with van der Waals surface area (Å²) in [5.74, 6) is 4.87. The van der Waals surface area contributed by atoms with Gasteiger partial charge in [0, 0.05) is 12.8 Å². The molecule has 0 aromatic heterocycles. The molecule has 0 aromatic carbocycles. The van der Waals surface area contributed by atoms with E-state index in [-0.39, 0.29) is 0 Å². The summed E-state index contributed by atoms with van der Waals surface area (Å²) in [5, 5.41) is 18.4. The molecule has 4 nitrogen and oxygen atoms in total. The molecule has 0 saturated heterocycles.